The highest BCUT2D eigenvalue weighted by Gasteiger charge is 2.31. The van der Waals surface area contributed by atoms with E-state index in [0.29, 0.717) is 30.3 Å². The molecule has 2 heterocycles. The number of nitrogens with two attached hydrogens (primary N) is 1. The molecule has 3 aromatic rings. The normalized spacial score (nSPS) is 13.3. The number of nitrogens with one attached hydrogen (secondary N) is 2. The van der Waals surface area contributed by atoms with Crippen LogP contribution in [0.25, 0.3) is 11.3 Å². The summed E-state index contributed by atoms with van der Waals surface area (Å²) >= 11 is 0. The number of rotatable bonds is 7. The summed E-state index contributed by atoms with van der Waals surface area (Å²) in [6.07, 6.45) is 2.62. The van der Waals surface area contributed by atoms with Crippen LogP contribution in [0.2, 0.25) is 0 Å². The predicted octanol–water partition coefficient (Wildman–Crippen LogP) is 2.78. The van der Waals surface area contributed by atoms with E-state index in [4.69, 9.17) is 15.2 Å². The van der Waals surface area contributed by atoms with E-state index < -0.39 is 11.9 Å². The summed E-state index contributed by atoms with van der Waals surface area (Å²) in [6.45, 7) is 0.719. The van der Waals surface area contributed by atoms with Gasteiger partial charge < -0.3 is 15.2 Å². The topological polar surface area (TPSA) is 120 Å². The van der Waals surface area contributed by atoms with E-state index in [9.17, 15) is 9.18 Å². The van der Waals surface area contributed by atoms with Crippen LogP contribution in [0.15, 0.2) is 30.5 Å². The number of hydrogen-bond donors (Lipinski definition) is 3. The van der Waals surface area contributed by atoms with E-state index in [-0.39, 0.29) is 11.8 Å². The van der Waals surface area contributed by atoms with Crippen LogP contribution in [-0.2, 0) is 7.05 Å². The Labute approximate surface area is 166 Å². The minimum absolute atomic E-state index is 0.130. The molecule has 1 fully saturated rings. The number of aryl methyl sites for hydroxylation is 1. The molecule has 1 amide bonds. The molecule has 4 rings (SSSR count). The number of aromatic nitrogens is 4. The molecule has 2 aromatic heterocycles. The van der Waals surface area contributed by atoms with Crippen LogP contribution in [0.3, 0.4) is 0 Å². The zero-order chi connectivity index (χ0) is 20.4. The summed E-state index contributed by atoms with van der Waals surface area (Å²) in [4.78, 5) is 12.2. The van der Waals surface area contributed by atoms with Crippen molar-refractivity contribution in [2.45, 2.75) is 18.8 Å². The third-order valence-electron chi connectivity index (χ3n) is 4.58. The maximum absolute atomic E-state index is 14.3. The molecule has 1 aromatic carbocycles. The molecule has 0 spiro atoms. The van der Waals surface area contributed by atoms with E-state index in [0.717, 1.165) is 24.1 Å². The van der Waals surface area contributed by atoms with E-state index >= 15 is 0 Å². The van der Waals surface area contributed by atoms with Crippen molar-refractivity contribution < 1.29 is 18.7 Å². The summed E-state index contributed by atoms with van der Waals surface area (Å²) < 4.78 is 26.7. The lowest BCUT2D eigenvalue weighted by atomic mass is 10.1. The van der Waals surface area contributed by atoms with Crippen molar-refractivity contribution in [3.8, 4) is 22.9 Å². The molecule has 0 unspecified atom stereocenters. The molecule has 29 heavy (non-hydrogen) atoms. The minimum Gasteiger partial charge on any atom is -0.492 e. The van der Waals surface area contributed by atoms with Crippen LogP contribution in [-0.4, -0.2) is 39.2 Å². The highest BCUT2D eigenvalue weighted by molar-refractivity contribution is 5.88. The zero-order valence-corrected chi connectivity index (χ0v) is 15.8. The van der Waals surface area contributed by atoms with Crippen LogP contribution in [0.5, 0.6) is 11.6 Å². The van der Waals surface area contributed by atoms with Crippen LogP contribution < -0.4 is 20.5 Å². The van der Waals surface area contributed by atoms with Gasteiger partial charge in [-0.1, -0.05) is 0 Å². The number of aromatic amines is 1. The highest BCUT2D eigenvalue weighted by atomic mass is 19.1. The van der Waals surface area contributed by atoms with Crippen LogP contribution >= 0.6 is 0 Å². The molecule has 0 aliphatic heterocycles. The van der Waals surface area contributed by atoms with Crippen molar-refractivity contribution >= 4 is 11.8 Å². The Bertz CT molecular complexity index is 1030. The Morgan fingerprint density at radius 1 is 1.41 bits per heavy atom. The molecular weight excluding hydrogens is 379 g/mol. The number of benzene rings is 1. The summed E-state index contributed by atoms with van der Waals surface area (Å²) in [5, 5.41) is 13.1. The van der Waals surface area contributed by atoms with Gasteiger partial charge in [0, 0.05) is 37.0 Å². The summed E-state index contributed by atoms with van der Waals surface area (Å²) in [7, 11) is 1.80. The predicted molar refractivity (Wildman–Crippen MR) is 103 cm³/mol. The van der Waals surface area contributed by atoms with Crippen LogP contribution in [0.1, 0.15) is 24.5 Å². The number of H-pyrrole nitrogens is 1. The van der Waals surface area contributed by atoms with E-state index in [1.54, 1.807) is 36.1 Å². The SMILES string of the molecule is Cn1nccc1-c1cc(NC(=O)Oc2n[nH]c(C3CC3)c2F)ccc1OCCN. The molecule has 0 atom stereocenters. The van der Waals surface area contributed by atoms with Gasteiger partial charge >= 0.3 is 6.09 Å². The van der Waals surface area contributed by atoms with Gasteiger partial charge in [0.15, 0.2) is 0 Å². The molecule has 0 radical (unpaired) electrons. The van der Waals surface area contributed by atoms with Crippen molar-refractivity contribution in [3.05, 3.63) is 42.0 Å². The zero-order valence-electron chi connectivity index (χ0n) is 15.8. The molecule has 1 saturated carbocycles. The van der Waals surface area contributed by atoms with Crippen molar-refractivity contribution in [1.82, 2.24) is 20.0 Å². The van der Waals surface area contributed by atoms with Crippen molar-refractivity contribution in [2.24, 2.45) is 12.8 Å². The molecule has 9 nitrogen and oxygen atoms in total. The summed E-state index contributed by atoms with van der Waals surface area (Å²) in [6, 6.07) is 6.92. The third-order valence-corrected chi connectivity index (χ3v) is 4.58. The maximum atomic E-state index is 14.3. The Hall–Kier alpha value is -3.40. The molecule has 0 bridgehead atoms. The Kier molecular flexibility index (Phi) is 5.17. The molecule has 10 heteroatoms. The number of nitrogens with zero attached hydrogens (tertiary/aromatic N) is 3. The lowest BCUT2D eigenvalue weighted by Crippen LogP contribution is -2.17. The summed E-state index contributed by atoms with van der Waals surface area (Å²) in [5.74, 6) is -0.251. The second-order valence-corrected chi connectivity index (χ2v) is 6.73. The smallest absolute Gasteiger partial charge is 0.418 e. The lowest BCUT2D eigenvalue weighted by molar-refractivity contribution is 0.211. The van der Waals surface area contributed by atoms with Crippen molar-refractivity contribution in [2.75, 3.05) is 18.5 Å². The van der Waals surface area contributed by atoms with Crippen LogP contribution in [0.4, 0.5) is 14.9 Å². The van der Waals surface area contributed by atoms with Gasteiger partial charge in [0.2, 0.25) is 5.82 Å². The first kappa shape index (κ1) is 18.9. The fraction of sp³-hybridized carbons (Fsp3) is 0.316. The van der Waals surface area contributed by atoms with Crippen molar-refractivity contribution in [3.63, 3.8) is 0 Å². The first-order chi connectivity index (χ1) is 14.1. The quantitative estimate of drug-likeness (QED) is 0.561. The number of halogens is 1. The number of ether oxygens (including phenoxy) is 2. The monoisotopic (exact) mass is 400 g/mol. The summed E-state index contributed by atoms with van der Waals surface area (Å²) in [5.41, 5.74) is 7.87. The number of anilines is 1. The van der Waals surface area contributed by atoms with E-state index in [1.807, 2.05) is 6.07 Å². The maximum Gasteiger partial charge on any atom is 0.418 e. The van der Waals surface area contributed by atoms with Gasteiger partial charge in [0.1, 0.15) is 12.4 Å². The van der Waals surface area contributed by atoms with Gasteiger partial charge in [0.25, 0.3) is 5.88 Å². The Morgan fingerprint density at radius 2 is 2.24 bits per heavy atom. The molecular formula is C19H21FN6O3. The highest BCUT2D eigenvalue weighted by Crippen LogP contribution is 2.41. The van der Waals surface area contributed by atoms with Crippen molar-refractivity contribution in [1.29, 1.82) is 0 Å². The second-order valence-electron chi connectivity index (χ2n) is 6.73. The van der Waals surface area contributed by atoms with Crippen LogP contribution in [0, 0.1) is 5.82 Å². The van der Waals surface area contributed by atoms with Gasteiger partial charge in [-0.05, 0) is 37.1 Å². The largest absolute Gasteiger partial charge is 0.492 e. The molecule has 1 aliphatic rings. The Balaban J connectivity index is 1.52. The van der Waals surface area contributed by atoms with Gasteiger partial charge in [-0.2, -0.15) is 9.49 Å². The first-order valence-corrected chi connectivity index (χ1v) is 9.24. The van der Waals surface area contributed by atoms with Gasteiger partial charge in [-0.3, -0.25) is 15.1 Å². The fourth-order valence-electron chi connectivity index (χ4n) is 3.01. The average Bonchev–Trinajstić information content (AvgIpc) is 3.36. The average molecular weight is 400 g/mol. The number of carbonyl (C=O) groups excluding carboxylic acids is 1. The number of hydrogen-bond acceptors (Lipinski definition) is 6. The van der Waals surface area contributed by atoms with E-state index in [2.05, 4.69) is 20.6 Å². The second kappa shape index (κ2) is 7.92. The molecule has 1 aliphatic carbocycles. The first-order valence-electron chi connectivity index (χ1n) is 9.24. The van der Waals surface area contributed by atoms with Gasteiger partial charge in [-0.15, -0.1) is 5.10 Å². The molecule has 152 valence electrons. The standard InChI is InChI=1S/C19H21FN6O3/c1-26-14(6-8-22-26)13-10-12(4-5-15(13)28-9-7-21)23-19(27)29-18-16(20)17(24-25-18)11-2-3-11/h4-6,8,10-11H,2-3,7,9,21H2,1H3,(H,23,27)(H,24,25). The van der Waals surface area contributed by atoms with Gasteiger partial charge in [0.05, 0.1) is 11.4 Å². The Morgan fingerprint density at radius 3 is 2.93 bits per heavy atom. The van der Waals surface area contributed by atoms with Gasteiger partial charge in [-0.25, -0.2) is 4.79 Å². The minimum atomic E-state index is -0.843. The molecule has 0 saturated heterocycles. The third kappa shape index (κ3) is 4.06. The van der Waals surface area contributed by atoms with E-state index in [1.165, 1.54) is 0 Å². The molecule has 4 N–H and O–H groups in total. The number of carbonyl (C=O) groups is 1. The number of amides is 1. The lowest BCUT2D eigenvalue weighted by Gasteiger charge is -2.13. The fourth-order valence-corrected chi connectivity index (χ4v) is 3.01.